The highest BCUT2D eigenvalue weighted by molar-refractivity contribution is 5.56. The van der Waals surface area contributed by atoms with Crippen molar-refractivity contribution in [2.24, 2.45) is 0 Å². The van der Waals surface area contributed by atoms with E-state index in [0.717, 1.165) is 35.6 Å². The summed E-state index contributed by atoms with van der Waals surface area (Å²) in [5.41, 5.74) is 2.98. The topological polar surface area (TPSA) is 116 Å². The van der Waals surface area contributed by atoms with Gasteiger partial charge in [-0.15, -0.1) is 0 Å². The zero-order chi connectivity index (χ0) is 21.2. The number of hydrogen-bond donors (Lipinski definition) is 3. The Morgan fingerprint density at radius 2 is 2.10 bits per heavy atom. The second-order valence-electron chi connectivity index (χ2n) is 7.73. The Labute approximate surface area is 179 Å². The Bertz CT molecular complexity index is 1180. The molecule has 4 aromatic rings. The number of nitrogens with zero attached hydrogens (tertiary/aromatic N) is 5. The number of nitrogens with one attached hydrogen (secondary N) is 2. The lowest BCUT2D eigenvalue weighted by atomic mass is 10.1. The first kappa shape index (κ1) is 19.1. The molecule has 1 aromatic carbocycles. The van der Waals surface area contributed by atoms with Gasteiger partial charge in [-0.25, -0.2) is 4.98 Å². The van der Waals surface area contributed by atoms with Crippen LogP contribution in [-0.2, 0) is 12.8 Å². The minimum atomic E-state index is 0.278. The lowest BCUT2D eigenvalue weighted by molar-refractivity contribution is 0.417. The fourth-order valence-corrected chi connectivity index (χ4v) is 3.36. The standard InChI is InChI=1S/C22H23N7O2/c1-29(21-13-18(28-31-21)15-6-7-15)22-23-10-9-19(25-22)24-20-12-16(26-27-20)8-5-14-3-2-4-17(30)11-14/h2-4,9-13,15,30H,5-8H2,1H3,(H2,23,24,25,26,27). The van der Waals surface area contributed by atoms with E-state index < -0.39 is 0 Å². The van der Waals surface area contributed by atoms with Crippen LogP contribution in [0.3, 0.4) is 0 Å². The molecular weight excluding hydrogens is 394 g/mol. The molecule has 5 rings (SSSR count). The number of phenols is 1. The largest absolute Gasteiger partial charge is 0.508 e. The molecule has 3 N–H and O–H groups in total. The maximum absolute atomic E-state index is 9.58. The Balaban J connectivity index is 1.23. The van der Waals surface area contributed by atoms with Gasteiger partial charge in [-0.3, -0.25) is 10.00 Å². The number of benzene rings is 1. The minimum Gasteiger partial charge on any atom is -0.508 e. The van der Waals surface area contributed by atoms with Gasteiger partial charge in [-0.05, 0) is 49.4 Å². The number of aromatic amines is 1. The first-order valence-electron chi connectivity index (χ1n) is 10.3. The van der Waals surface area contributed by atoms with Crippen molar-refractivity contribution >= 4 is 23.5 Å². The Kier molecular flexibility index (Phi) is 4.99. The van der Waals surface area contributed by atoms with Gasteiger partial charge in [0, 0.05) is 31.3 Å². The van der Waals surface area contributed by atoms with E-state index in [9.17, 15) is 5.11 Å². The summed E-state index contributed by atoms with van der Waals surface area (Å²) >= 11 is 0. The summed E-state index contributed by atoms with van der Waals surface area (Å²) < 4.78 is 5.46. The van der Waals surface area contributed by atoms with E-state index in [0.29, 0.717) is 23.6 Å². The maximum Gasteiger partial charge on any atom is 0.234 e. The lowest BCUT2D eigenvalue weighted by Crippen LogP contribution is -2.12. The monoisotopic (exact) mass is 417 g/mol. The predicted molar refractivity (Wildman–Crippen MR) is 116 cm³/mol. The summed E-state index contributed by atoms with van der Waals surface area (Å²) in [6.45, 7) is 0. The van der Waals surface area contributed by atoms with Crippen molar-refractivity contribution in [3.05, 3.63) is 65.6 Å². The molecule has 9 nitrogen and oxygen atoms in total. The van der Waals surface area contributed by atoms with Crippen molar-refractivity contribution in [3.8, 4) is 5.75 Å². The van der Waals surface area contributed by atoms with Gasteiger partial charge in [0.25, 0.3) is 0 Å². The van der Waals surface area contributed by atoms with Gasteiger partial charge in [0.15, 0.2) is 0 Å². The molecule has 0 radical (unpaired) electrons. The third-order valence-corrected chi connectivity index (χ3v) is 5.26. The van der Waals surface area contributed by atoms with Crippen molar-refractivity contribution in [1.29, 1.82) is 0 Å². The summed E-state index contributed by atoms with van der Waals surface area (Å²) in [7, 11) is 1.85. The van der Waals surface area contributed by atoms with Crippen LogP contribution in [0.1, 0.15) is 35.7 Å². The van der Waals surface area contributed by atoms with Gasteiger partial charge < -0.3 is 14.9 Å². The second-order valence-corrected chi connectivity index (χ2v) is 7.73. The molecule has 1 saturated carbocycles. The van der Waals surface area contributed by atoms with Crippen LogP contribution in [0.4, 0.5) is 23.5 Å². The maximum atomic E-state index is 9.58. The molecule has 3 aromatic heterocycles. The molecular formula is C22H23N7O2. The molecule has 1 aliphatic rings. The normalized spacial score (nSPS) is 13.3. The average molecular weight is 417 g/mol. The van der Waals surface area contributed by atoms with Crippen LogP contribution in [0.25, 0.3) is 0 Å². The van der Waals surface area contributed by atoms with E-state index >= 15 is 0 Å². The number of hydrogen-bond acceptors (Lipinski definition) is 8. The zero-order valence-corrected chi connectivity index (χ0v) is 17.1. The number of phenolic OH excluding ortho intramolecular Hbond substituents is 1. The molecule has 158 valence electrons. The highest BCUT2D eigenvalue weighted by Crippen LogP contribution is 2.40. The summed E-state index contributed by atoms with van der Waals surface area (Å²) in [6, 6.07) is 13.0. The molecule has 0 atom stereocenters. The van der Waals surface area contributed by atoms with Crippen LogP contribution in [-0.4, -0.2) is 37.5 Å². The van der Waals surface area contributed by atoms with Crippen molar-refractivity contribution in [2.45, 2.75) is 31.6 Å². The molecule has 0 spiro atoms. The number of rotatable bonds is 8. The van der Waals surface area contributed by atoms with E-state index in [1.54, 1.807) is 29.3 Å². The van der Waals surface area contributed by atoms with Crippen LogP contribution < -0.4 is 10.2 Å². The van der Waals surface area contributed by atoms with E-state index in [-0.39, 0.29) is 5.75 Å². The van der Waals surface area contributed by atoms with Crippen molar-refractivity contribution in [1.82, 2.24) is 25.3 Å². The molecule has 0 saturated heterocycles. The molecule has 0 unspecified atom stereocenters. The summed E-state index contributed by atoms with van der Waals surface area (Å²) in [5, 5.41) is 24.3. The van der Waals surface area contributed by atoms with Gasteiger partial charge >= 0.3 is 0 Å². The number of anilines is 4. The Morgan fingerprint density at radius 3 is 2.94 bits per heavy atom. The smallest absolute Gasteiger partial charge is 0.234 e. The lowest BCUT2D eigenvalue weighted by Gasteiger charge is -2.13. The van der Waals surface area contributed by atoms with Gasteiger partial charge in [0.05, 0.1) is 11.4 Å². The van der Waals surface area contributed by atoms with Crippen molar-refractivity contribution in [2.75, 3.05) is 17.3 Å². The fraction of sp³-hybridized carbons (Fsp3) is 0.273. The van der Waals surface area contributed by atoms with Crippen LogP contribution in [0.2, 0.25) is 0 Å². The second kappa shape index (κ2) is 8.10. The number of aromatic hydroxyl groups is 1. The first-order chi connectivity index (χ1) is 15.1. The van der Waals surface area contributed by atoms with Gasteiger partial charge in [0.2, 0.25) is 11.8 Å². The van der Waals surface area contributed by atoms with Crippen LogP contribution in [0, 0.1) is 0 Å². The average Bonchev–Trinajstić information content (AvgIpc) is 3.34. The third kappa shape index (κ3) is 4.50. The van der Waals surface area contributed by atoms with Crippen LogP contribution in [0.15, 0.2) is 53.2 Å². The van der Waals surface area contributed by atoms with Gasteiger partial charge in [-0.1, -0.05) is 17.3 Å². The van der Waals surface area contributed by atoms with Crippen LogP contribution in [0.5, 0.6) is 5.75 Å². The highest BCUT2D eigenvalue weighted by atomic mass is 16.5. The summed E-state index contributed by atoms with van der Waals surface area (Å²) in [6.07, 6.45) is 5.59. The molecule has 0 aliphatic heterocycles. The van der Waals surface area contributed by atoms with E-state index in [1.807, 2.05) is 31.3 Å². The van der Waals surface area contributed by atoms with E-state index in [4.69, 9.17) is 4.52 Å². The summed E-state index contributed by atoms with van der Waals surface area (Å²) in [5.74, 6) is 3.32. The Hall–Kier alpha value is -3.88. The third-order valence-electron chi connectivity index (χ3n) is 5.26. The molecule has 3 heterocycles. The molecule has 0 bridgehead atoms. The highest BCUT2D eigenvalue weighted by Gasteiger charge is 2.28. The number of aromatic nitrogens is 5. The zero-order valence-electron chi connectivity index (χ0n) is 17.1. The SMILES string of the molecule is CN(c1nccc(Nc2cc(CCc3cccc(O)c3)n[nH]2)n1)c1cc(C2CC2)no1. The molecule has 31 heavy (non-hydrogen) atoms. The molecule has 9 heteroatoms. The summed E-state index contributed by atoms with van der Waals surface area (Å²) in [4.78, 5) is 10.7. The van der Waals surface area contributed by atoms with Gasteiger partial charge in [0.1, 0.15) is 17.4 Å². The predicted octanol–water partition coefficient (Wildman–Crippen LogP) is 4.07. The molecule has 1 fully saturated rings. The minimum absolute atomic E-state index is 0.278. The van der Waals surface area contributed by atoms with Crippen molar-refractivity contribution < 1.29 is 9.63 Å². The number of aryl methyl sites for hydroxylation is 2. The molecule has 1 aliphatic carbocycles. The van der Waals surface area contributed by atoms with E-state index in [2.05, 4.69) is 30.6 Å². The number of H-pyrrole nitrogens is 1. The van der Waals surface area contributed by atoms with Crippen molar-refractivity contribution in [3.63, 3.8) is 0 Å². The van der Waals surface area contributed by atoms with Crippen LogP contribution >= 0.6 is 0 Å². The quantitative estimate of drug-likeness (QED) is 0.393. The molecule has 0 amide bonds. The fourth-order valence-electron chi connectivity index (χ4n) is 3.36. The van der Waals surface area contributed by atoms with E-state index in [1.165, 1.54) is 12.8 Å². The van der Waals surface area contributed by atoms with Gasteiger partial charge in [-0.2, -0.15) is 10.1 Å². The first-order valence-corrected chi connectivity index (χ1v) is 10.3. The Morgan fingerprint density at radius 1 is 1.19 bits per heavy atom.